The standard InChI is InChI=1S/C16H21NO6/c1-10(18)14(17-12(3)19)16(21)23-11(2)15(20)22-9-13-7-5-4-6-8-13/h4-8,10-11,14,18H,9H2,1-3H3,(H,17,19)/t10-,11-,14+/m1/s1. The van der Waals surface area contributed by atoms with E-state index in [1.54, 1.807) is 12.1 Å². The number of carbonyl (C=O) groups is 3. The summed E-state index contributed by atoms with van der Waals surface area (Å²) in [6.07, 6.45) is -2.31. The van der Waals surface area contributed by atoms with Crippen LogP contribution < -0.4 is 5.32 Å². The third kappa shape index (κ3) is 6.48. The molecule has 0 bridgehead atoms. The summed E-state index contributed by atoms with van der Waals surface area (Å²) in [5, 5.41) is 11.8. The van der Waals surface area contributed by atoms with Crippen molar-refractivity contribution in [2.75, 3.05) is 0 Å². The molecule has 0 aliphatic heterocycles. The second-order valence-electron chi connectivity index (χ2n) is 5.09. The summed E-state index contributed by atoms with van der Waals surface area (Å²) >= 11 is 0. The Hall–Kier alpha value is -2.41. The smallest absolute Gasteiger partial charge is 0.347 e. The number of benzene rings is 1. The summed E-state index contributed by atoms with van der Waals surface area (Å²) in [6.45, 7) is 3.96. The van der Waals surface area contributed by atoms with Gasteiger partial charge in [-0.2, -0.15) is 0 Å². The minimum Gasteiger partial charge on any atom is -0.458 e. The molecule has 0 radical (unpaired) electrons. The lowest BCUT2D eigenvalue weighted by Crippen LogP contribution is -2.49. The highest BCUT2D eigenvalue weighted by Gasteiger charge is 2.29. The van der Waals surface area contributed by atoms with Crippen molar-refractivity contribution in [3.8, 4) is 0 Å². The molecule has 1 amide bonds. The van der Waals surface area contributed by atoms with Crippen molar-refractivity contribution < 1.29 is 29.0 Å². The molecule has 0 aromatic heterocycles. The van der Waals surface area contributed by atoms with Crippen molar-refractivity contribution in [3.63, 3.8) is 0 Å². The van der Waals surface area contributed by atoms with Crippen molar-refractivity contribution >= 4 is 17.8 Å². The third-order valence-corrected chi connectivity index (χ3v) is 2.94. The van der Waals surface area contributed by atoms with Crippen molar-refractivity contribution in [3.05, 3.63) is 35.9 Å². The maximum atomic E-state index is 11.9. The molecule has 7 heteroatoms. The quantitative estimate of drug-likeness (QED) is 0.710. The normalized spacial score (nSPS) is 14.3. The lowest BCUT2D eigenvalue weighted by Gasteiger charge is -2.21. The highest BCUT2D eigenvalue weighted by atomic mass is 16.6. The van der Waals surface area contributed by atoms with Gasteiger partial charge in [0.25, 0.3) is 0 Å². The van der Waals surface area contributed by atoms with Crippen LogP contribution in [0.5, 0.6) is 0 Å². The van der Waals surface area contributed by atoms with E-state index in [0.717, 1.165) is 5.56 Å². The van der Waals surface area contributed by atoms with Gasteiger partial charge in [-0.25, -0.2) is 9.59 Å². The maximum absolute atomic E-state index is 11.9. The first kappa shape index (κ1) is 18.6. The van der Waals surface area contributed by atoms with Gasteiger partial charge >= 0.3 is 11.9 Å². The summed E-state index contributed by atoms with van der Waals surface area (Å²) in [5.74, 6) is -2.11. The van der Waals surface area contributed by atoms with E-state index in [1.165, 1.54) is 20.8 Å². The van der Waals surface area contributed by atoms with Crippen molar-refractivity contribution in [2.24, 2.45) is 0 Å². The summed E-state index contributed by atoms with van der Waals surface area (Å²) < 4.78 is 9.98. The van der Waals surface area contributed by atoms with Crippen LogP contribution in [0, 0.1) is 0 Å². The number of aliphatic hydroxyl groups is 1. The number of hydrogen-bond donors (Lipinski definition) is 2. The lowest BCUT2D eigenvalue weighted by atomic mass is 10.2. The minimum absolute atomic E-state index is 0.0626. The first-order valence-corrected chi connectivity index (χ1v) is 7.17. The summed E-state index contributed by atoms with van der Waals surface area (Å²) in [7, 11) is 0. The first-order chi connectivity index (χ1) is 10.8. The largest absolute Gasteiger partial charge is 0.458 e. The molecule has 0 saturated heterocycles. The molecule has 3 atom stereocenters. The van der Waals surface area contributed by atoms with E-state index in [2.05, 4.69) is 5.32 Å². The number of ether oxygens (including phenoxy) is 2. The summed E-state index contributed by atoms with van der Waals surface area (Å²) in [6, 6.07) is 7.82. The maximum Gasteiger partial charge on any atom is 0.347 e. The second kappa shape index (κ2) is 8.89. The lowest BCUT2D eigenvalue weighted by molar-refractivity contribution is -0.170. The van der Waals surface area contributed by atoms with Gasteiger partial charge in [0.05, 0.1) is 6.10 Å². The van der Waals surface area contributed by atoms with E-state index in [1.807, 2.05) is 18.2 Å². The Kier molecular flexibility index (Phi) is 7.21. The van der Waals surface area contributed by atoms with Gasteiger partial charge in [0.1, 0.15) is 6.61 Å². The molecule has 0 saturated carbocycles. The fourth-order valence-electron chi connectivity index (χ4n) is 1.74. The molecule has 2 N–H and O–H groups in total. The van der Waals surface area contributed by atoms with Crippen LogP contribution in [0.1, 0.15) is 26.3 Å². The van der Waals surface area contributed by atoms with Crippen LogP contribution in [-0.4, -0.2) is 41.2 Å². The molecule has 1 aromatic rings. The molecule has 0 aliphatic carbocycles. The van der Waals surface area contributed by atoms with Gasteiger partial charge in [0.2, 0.25) is 5.91 Å². The van der Waals surface area contributed by atoms with Crippen LogP contribution in [0.15, 0.2) is 30.3 Å². The van der Waals surface area contributed by atoms with Gasteiger partial charge in [0, 0.05) is 6.92 Å². The number of nitrogens with one attached hydrogen (secondary N) is 1. The van der Waals surface area contributed by atoms with Gasteiger partial charge in [-0.15, -0.1) is 0 Å². The molecule has 23 heavy (non-hydrogen) atoms. The molecule has 1 aromatic carbocycles. The van der Waals surface area contributed by atoms with Crippen molar-refractivity contribution in [2.45, 2.75) is 45.6 Å². The second-order valence-corrected chi connectivity index (χ2v) is 5.09. The fraction of sp³-hybridized carbons (Fsp3) is 0.438. The van der Waals surface area contributed by atoms with Gasteiger partial charge in [-0.05, 0) is 19.4 Å². The minimum atomic E-state index is -1.24. The molecule has 1 rings (SSSR count). The zero-order valence-electron chi connectivity index (χ0n) is 13.3. The highest BCUT2D eigenvalue weighted by molar-refractivity contribution is 5.86. The predicted molar refractivity (Wildman–Crippen MR) is 81.1 cm³/mol. The monoisotopic (exact) mass is 323 g/mol. The Morgan fingerprint density at radius 2 is 1.74 bits per heavy atom. The third-order valence-electron chi connectivity index (χ3n) is 2.94. The van der Waals surface area contributed by atoms with E-state index in [4.69, 9.17) is 9.47 Å². The number of hydrogen-bond acceptors (Lipinski definition) is 6. The zero-order valence-corrected chi connectivity index (χ0v) is 13.3. The molecular weight excluding hydrogens is 302 g/mol. The van der Waals surface area contributed by atoms with Gasteiger partial charge in [-0.3, -0.25) is 4.79 Å². The number of rotatable bonds is 7. The molecule has 0 fully saturated rings. The molecule has 7 nitrogen and oxygen atoms in total. The van der Waals surface area contributed by atoms with E-state index >= 15 is 0 Å². The van der Waals surface area contributed by atoms with Crippen LogP contribution >= 0.6 is 0 Å². The molecule has 0 unspecified atom stereocenters. The molecule has 0 aliphatic rings. The van der Waals surface area contributed by atoms with Gasteiger partial charge in [-0.1, -0.05) is 30.3 Å². The highest BCUT2D eigenvalue weighted by Crippen LogP contribution is 2.05. The first-order valence-electron chi connectivity index (χ1n) is 7.17. The van der Waals surface area contributed by atoms with Crippen LogP contribution in [-0.2, 0) is 30.5 Å². The molecule has 0 heterocycles. The van der Waals surface area contributed by atoms with E-state index < -0.39 is 36.1 Å². The van der Waals surface area contributed by atoms with Crippen LogP contribution in [0.4, 0.5) is 0 Å². The molecule has 0 spiro atoms. The topological polar surface area (TPSA) is 102 Å². The van der Waals surface area contributed by atoms with Crippen LogP contribution in [0.25, 0.3) is 0 Å². The Labute approximate surface area is 134 Å². The van der Waals surface area contributed by atoms with Gasteiger partial charge in [0.15, 0.2) is 12.1 Å². The average Bonchev–Trinajstić information content (AvgIpc) is 2.50. The SMILES string of the molecule is CC(=O)N[C@H](C(=O)O[C@H](C)C(=O)OCc1ccccc1)[C@@H](C)O. The van der Waals surface area contributed by atoms with E-state index in [9.17, 15) is 19.5 Å². The van der Waals surface area contributed by atoms with Crippen molar-refractivity contribution in [1.82, 2.24) is 5.32 Å². The molecule has 126 valence electrons. The number of amides is 1. The van der Waals surface area contributed by atoms with Crippen molar-refractivity contribution in [1.29, 1.82) is 0 Å². The number of esters is 2. The van der Waals surface area contributed by atoms with Gasteiger partial charge < -0.3 is 19.9 Å². The van der Waals surface area contributed by atoms with Crippen LogP contribution in [0.2, 0.25) is 0 Å². The van der Waals surface area contributed by atoms with Crippen LogP contribution in [0.3, 0.4) is 0 Å². The fourth-order valence-corrected chi connectivity index (χ4v) is 1.74. The Morgan fingerprint density at radius 3 is 2.26 bits per heavy atom. The molecular formula is C16H21NO6. The van der Waals surface area contributed by atoms with E-state index in [0.29, 0.717) is 0 Å². The predicted octanol–water partition coefficient (Wildman–Crippen LogP) is 0.547. The Balaban J connectivity index is 2.52. The Bertz CT molecular complexity index is 543. The number of carbonyl (C=O) groups excluding carboxylic acids is 3. The average molecular weight is 323 g/mol. The van der Waals surface area contributed by atoms with E-state index in [-0.39, 0.29) is 6.61 Å². The summed E-state index contributed by atoms with van der Waals surface area (Å²) in [4.78, 5) is 34.7. The zero-order chi connectivity index (χ0) is 17.4. The Morgan fingerprint density at radius 1 is 1.13 bits per heavy atom. The summed E-state index contributed by atoms with van der Waals surface area (Å²) in [5.41, 5.74) is 0.805. The number of aliphatic hydroxyl groups excluding tert-OH is 1.